The number of hydrogen-bond acceptors (Lipinski definition) is 5. The van der Waals surface area contributed by atoms with Crippen LogP contribution < -0.4 is 14.8 Å². The Bertz CT molecular complexity index is 1320. The van der Waals surface area contributed by atoms with Gasteiger partial charge >= 0.3 is 0 Å². The van der Waals surface area contributed by atoms with E-state index in [-0.39, 0.29) is 5.91 Å². The molecule has 0 unspecified atom stereocenters. The zero-order valence-corrected chi connectivity index (χ0v) is 18.9. The summed E-state index contributed by atoms with van der Waals surface area (Å²) in [6, 6.07) is 14.6. The number of carbonyl (C=O) groups excluding carboxylic acids is 1. The van der Waals surface area contributed by atoms with Crippen molar-refractivity contribution in [3.63, 3.8) is 0 Å². The molecule has 0 bridgehead atoms. The van der Waals surface area contributed by atoms with E-state index in [1.54, 1.807) is 24.4 Å². The van der Waals surface area contributed by atoms with Gasteiger partial charge in [0.25, 0.3) is 5.91 Å². The van der Waals surface area contributed by atoms with E-state index in [9.17, 15) is 4.79 Å². The molecule has 1 amide bonds. The number of anilines is 1. The fourth-order valence-electron chi connectivity index (χ4n) is 3.66. The summed E-state index contributed by atoms with van der Waals surface area (Å²) in [7, 11) is 3.04. The Kier molecular flexibility index (Phi) is 5.97. The van der Waals surface area contributed by atoms with Crippen LogP contribution >= 0.6 is 11.6 Å². The minimum atomic E-state index is -0.306. The molecule has 1 N–H and O–H groups in total. The number of nitrogens with one attached hydrogen (secondary N) is 1. The zero-order chi connectivity index (χ0) is 22.8. The van der Waals surface area contributed by atoms with Crippen LogP contribution in [0.3, 0.4) is 0 Å². The topological polar surface area (TPSA) is 73.3 Å². The lowest BCUT2D eigenvalue weighted by atomic mass is 10.00. The van der Waals surface area contributed by atoms with Crippen LogP contribution in [0.4, 0.5) is 5.69 Å². The number of benzene rings is 2. The van der Waals surface area contributed by atoms with E-state index >= 15 is 0 Å². The maximum absolute atomic E-state index is 13.5. The lowest BCUT2D eigenvalue weighted by molar-refractivity contribution is 0.102. The van der Waals surface area contributed by atoms with Gasteiger partial charge in [-0.2, -0.15) is 0 Å². The van der Waals surface area contributed by atoms with Crippen molar-refractivity contribution in [2.75, 3.05) is 19.5 Å². The molecule has 4 rings (SSSR count). The summed E-state index contributed by atoms with van der Waals surface area (Å²) < 4.78 is 10.7. The largest absolute Gasteiger partial charge is 0.495 e. The predicted octanol–water partition coefficient (Wildman–Crippen LogP) is 5.84. The highest BCUT2D eigenvalue weighted by Crippen LogP contribution is 2.36. The van der Waals surface area contributed by atoms with Crippen molar-refractivity contribution in [3.8, 4) is 22.9 Å². The van der Waals surface area contributed by atoms with Gasteiger partial charge in [-0.3, -0.25) is 9.78 Å². The maximum Gasteiger partial charge on any atom is 0.256 e. The van der Waals surface area contributed by atoms with Crippen LogP contribution in [0.1, 0.15) is 21.5 Å². The standard InChI is InChI=1S/C25H22ClN3O3/c1-14-9-15(2)24-16(10-14)17(11-20(28-24)19-7-5-6-8-27-19)25(30)29-21-12-18(26)22(31-3)13-23(21)32-4/h5-13H,1-4H3,(H,29,30). The lowest BCUT2D eigenvalue weighted by Crippen LogP contribution is -2.14. The molecule has 0 atom stereocenters. The number of aromatic nitrogens is 2. The highest BCUT2D eigenvalue weighted by Gasteiger charge is 2.19. The molecule has 0 spiro atoms. The summed E-state index contributed by atoms with van der Waals surface area (Å²) in [6.45, 7) is 3.98. The molecule has 0 saturated carbocycles. The zero-order valence-electron chi connectivity index (χ0n) is 18.2. The van der Waals surface area contributed by atoms with E-state index in [1.807, 2.05) is 44.2 Å². The van der Waals surface area contributed by atoms with Crippen molar-refractivity contribution in [1.82, 2.24) is 9.97 Å². The number of amides is 1. The number of ether oxygens (including phenoxy) is 2. The van der Waals surface area contributed by atoms with Crippen LogP contribution in [0.2, 0.25) is 5.02 Å². The highest BCUT2D eigenvalue weighted by atomic mass is 35.5. The molecule has 7 heteroatoms. The third kappa shape index (κ3) is 4.09. The minimum Gasteiger partial charge on any atom is -0.495 e. The van der Waals surface area contributed by atoms with Gasteiger partial charge in [-0.25, -0.2) is 4.98 Å². The van der Waals surface area contributed by atoms with E-state index < -0.39 is 0 Å². The molecule has 6 nitrogen and oxygen atoms in total. The van der Waals surface area contributed by atoms with Crippen molar-refractivity contribution >= 4 is 34.1 Å². The van der Waals surface area contributed by atoms with Crippen molar-refractivity contribution in [2.24, 2.45) is 0 Å². The summed E-state index contributed by atoms with van der Waals surface area (Å²) >= 11 is 6.28. The fourth-order valence-corrected chi connectivity index (χ4v) is 3.90. The minimum absolute atomic E-state index is 0.306. The van der Waals surface area contributed by atoms with Crippen LogP contribution in [-0.2, 0) is 0 Å². The van der Waals surface area contributed by atoms with E-state index in [1.165, 1.54) is 14.2 Å². The molecule has 0 aliphatic heterocycles. The number of halogens is 1. The van der Waals surface area contributed by atoms with E-state index in [0.29, 0.717) is 39.2 Å². The van der Waals surface area contributed by atoms with E-state index in [4.69, 9.17) is 26.1 Å². The Balaban J connectivity index is 1.86. The Morgan fingerprint density at radius 3 is 2.44 bits per heavy atom. The van der Waals surface area contributed by atoms with Crippen LogP contribution in [0.25, 0.3) is 22.3 Å². The highest BCUT2D eigenvalue weighted by molar-refractivity contribution is 6.32. The van der Waals surface area contributed by atoms with Gasteiger partial charge in [-0.15, -0.1) is 0 Å². The van der Waals surface area contributed by atoms with E-state index in [0.717, 1.165) is 22.0 Å². The lowest BCUT2D eigenvalue weighted by Gasteiger charge is -2.15. The molecule has 0 aliphatic rings. The predicted molar refractivity (Wildman–Crippen MR) is 127 cm³/mol. The van der Waals surface area contributed by atoms with Gasteiger partial charge in [0.1, 0.15) is 11.5 Å². The Labute approximate surface area is 191 Å². The van der Waals surface area contributed by atoms with Gasteiger partial charge < -0.3 is 14.8 Å². The van der Waals surface area contributed by atoms with Gasteiger partial charge in [-0.05, 0) is 49.7 Å². The van der Waals surface area contributed by atoms with Gasteiger partial charge in [0.15, 0.2) is 0 Å². The van der Waals surface area contributed by atoms with E-state index in [2.05, 4.69) is 10.3 Å². The summed E-state index contributed by atoms with van der Waals surface area (Å²) in [6.07, 6.45) is 1.70. The second-order valence-electron chi connectivity index (χ2n) is 7.39. The van der Waals surface area contributed by atoms with Crippen LogP contribution in [0.5, 0.6) is 11.5 Å². The molecule has 0 fully saturated rings. The monoisotopic (exact) mass is 447 g/mol. The first-order valence-corrected chi connectivity index (χ1v) is 10.4. The quantitative estimate of drug-likeness (QED) is 0.416. The van der Waals surface area contributed by atoms with Crippen molar-refractivity contribution in [1.29, 1.82) is 0 Å². The first kappa shape index (κ1) is 21.6. The molecule has 2 aromatic heterocycles. The number of hydrogen-bond donors (Lipinski definition) is 1. The number of methoxy groups -OCH3 is 2. The van der Waals surface area contributed by atoms with Crippen LogP contribution in [0, 0.1) is 13.8 Å². The maximum atomic E-state index is 13.5. The summed E-state index contributed by atoms with van der Waals surface area (Å²) in [5.41, 5.74) is 5.01. The van der Waals surface area contributed by atoms with Crippen LogP contribution in [-0.4, -0.2) is 30.1 Å². The summed E-state index contributed by atoms with van der Waals surface area (Å²) in [5, 5.41) is 4.05. The molecule has 0 aliphatic carbocycles. The SMILES string of the molecule is COc1cc(OC)c(NC(=O)c2cc(-c3ccccn3)nc3c(C)cc(C)cc23)cc1Cl. The summed E-state index contributed by atoms with van der Waals surface area (Å²) in [4.78, 5) is 22.7. The first-order valence-electron chi connectivity index (χ1n) is 9.97. The molecular formula is C25H22ClN3O3. The number of rotatable bonds is 5. The number of aryl methyl sites for hydroxylation is 2. The molecule has 4 aromatic rings. The Morgan fingerprint density at radius 1 is 0.969 bits per heavy atom. The number of fused-ring (bicyclic) bond motifs is 1. The molecular weight excluding hydrogens is 426 g/mol. The smallest absolute Gasteiger partial charge is 0.256 e. The molecule has 162 valence electrons. The molecule has 0 saturated heterocycles. The second-order valence-corrected chi connectivity index (χ2v) is 7.80. The normalized spacial score (nSPS) is 10.8. The van der Waals surface area contributed by atoms with Crippen molar-refractivity contribution in [3.05, 3.63) is 76.4 Å². The fraction of sp³-hybridized carbons (Fsp3) is 0.160. The number of carbonyl (C=O) groups is 1. The van der Waals surface area contributed by atoms with Gasteiger partial charge in [-0.1, -0.05) is 29.3 Å². The average molecular weight is 448 g/mol. The number of pyridine rings is 2. The van der Waals surface area contributed by atoms with Gasteiger partial charge in [0.2, 0.25) is 0 Å². The van der Waals surface area contributed by atoms with Gasteiger partial charge in [0, 0.05) is 17.6 Å². The number of nitrogens with zero attached hydrogens (tertiary/aromatic N) is 2. The molecule has 2 aromatic carbocycles. The van der Waals surface area contributed by atoms with Crippen molar-refractivity contribution < 1.29 is 14.3 Å². The molecule has 2 heterocycles. The van der Waals surface area contributed by atoms with Crippen molar-refractivity contribution in [2.45, 2.75) is 13.8 Å². The average Bonchev–Trinajstić information content (AvgIpc) is 2.79. The third-order valence-electron chi connectivity index (χ3n) is 5.14. The van der Waals surface area contributed by atoms with Gasteiger partial charge in [0.05, 0.1) is 47.4 Å². The summed E-state index contributed by atoms with van der Waals surface area (Å²) in [5.74, 6) is 0.592. The second kappa shape index (κ2) is 8.85. The molecule has 0 radical (unpaired) electrons. The Morgan fingerprint density at radius 2 is 1.75 bits per heavy atom. The van der Waals surface area contributed by atoms with Crippen LogP contribution in [0.15, 0.2) is 54.7 Å². The third-order valence-corrected chi connectivity index (χ3v) is 5.44. The Hall–Kier alpha value is -3.64. The molecule has 32 heavy (non-hydrogen) atoms. The first-order chi connectivity index (χ1) is 15.4.